The SMILES string of the molecule is O=c1c2ccccc2ncn1CCCNc1ccc([N+](=O)[O-])cc1Cl. The molecule has 0 saturated carbocycles. The summed E-state index contributed by atoms with van der Waals surface area (Å²) in [4.78, 5) is 26.8. The van der Waals surface area contributed by atoms with Crippen LogP contribution in [0.5, 0.6) is 0 Å². The summed E-state index contributed by atoms with van der Waals surface area (Å²) in [5, 5.41) is 14.7. The lowest BCUT2D eigenvalue weighted by Gasteiger charge is -2.09. The van der Waals surface area contributed by atoms with Crippen LogP contribution in [0, 0.1) is 10.1 Å². The molecule has 2 aromatic carbocycles. The van der Waals surface area contributed by atoms with Gasteiger partial charge in [-0.25, -0.2) is 4.98 Å². The topological polar surface area (TPSA) is 90.1 Å². The lowest BCUT2D eigenvalue weighted by molar-refractivity contribution is -0.384. The number of para-hydroxylation sites is 1. The van der Waals surface area contributed by atoms with Crippen molar-refractivity contribution in [1.29, 1.82) is 0 Å². The first kappa shape index (κ1) is 16.9. The molecule has 3 rings (SSSR count). The fraction of sp³-hybridized carbons (Fsp3) is 0.176. The van der Waals surface area contributed by atoms with E-state index in [1.165, 1.54) is 12.1 Å². The minimum absolute atomic E-state index is 0.0515. The molecule has 0 aliphatic heterocycles. The fourth-order valence-corrected chi connectivity index (χ4v) is 2.74. The van der Waals surface area contributed by atoms with E-state index in [1.807, 2.05) is 12.1 Å². The highest BCUT2D eigenvalue weighted by Gasteiger charge is 2.09. The Bertz CT molecular complexity index is 987. The number of aromatic nitrogens is 2. The van der Waals surface area contributed by atoms with Gasteiger partial charge in [0.15, 0.2) is 0 Å². The molecule has 0 aliphatic carbocycles. The number of anilines is 1. The summed E-state index contributed by atoms with van der Waals surface area (Å²) in [5.41, 5.74) is 1.18. The van der Waals surface area contributed by atoms with Crippen LogP contribution < -0.4 is 10.9 Å². The van der Waals surface area contributed by atoms with E-state index < -0.39 is 4.92 Å². The molecule has 1 N–H and O–H groups in total. The number of hydrogen-bond donors (Lipinski definition) is 1. The molecule has 1 aromatic heterocycles. The lowest BCUT2D eigenvalue weighted by Crippen LogP contribution is -2.21. The van der Waals surface area contributed by atoms with E-state index in [-0.39, 0.29) is 11.2 Å². The molecular formula is C17H15ClN4O3. The quantitative estimate of drug-likeness (QED) is 0.414. The average Bonchev–Trinajstić information content (AvgIpc) is 2.61. The second-order valence-corrected chi connectivity index (χ2v) is 5.87. The van der Waals surface area contributed by atoms with E-state index in [4.69, 9.17) is 11.6 Å². The molecule has 128 valence electrons. The van der Waals surface area contributed by atoms with E-state index >= 15 is 0 Å². The van der Waals surface area contributed by atoms with E-state index in [0.29, 0.717) is 41.1 Å². The predicted molar refractivity (Wildman–Crippen MR) is 97.2 cm³/mol. The number of benzene rings is 2. The van der Waals surface area contributed by atoms with Gasteiger partial charge in [0.2, 0.25) is 0 Å². The van der Waals surface area contributed by atoms with Crippen molar-refractivity contribution in [1.82, 2.24) is 9.55 Å². The van der Waals surface area contributed by atoms with E-state index in [0.717, 1.165) is 0 Å². The van der Waals surface area contributed by atoms with Crippen LogP contribution in [0.2, 0.25) is 5.02 Å². The highest BCUT2D eigenvalue weighted by molar-refractivity contribution is 6.33. The Balaban J connectivity index is 1.61. The summed E-state index contributed by atoms with van der Waals surface area (Å²) < 4.78 is 1.57. The van der Waals surface area contributed by atoms with Crippen molar-refractivity contribution in [3.8, 4) is 0 Å². The van der Waals surface area contributed by atoms with Gasteiger partial charge in [0, 0.05) is 25.2 Å². The lowest BCUT2D eigenvalue weighted by atomic mass is 10.2. The summed E-state index contributed by atoms with van der Waals surface area (Å²) in [7, 11) is 0. The second-order valence-electron chi connectivity index (χ2n) is 5.46. The second kappa shape index (κ2) is 7.31. The molecule has 3 aromatic rings. The summed E-state index contributed by atoms with van der Waals surface area (Å²) in [5.74, 6) is 0. The number of aryl methyl sites for hydroxylation is 1. The molecule has 0 unspecified atom stereocenters. The number of nitro benzene ring substituents is 1. The Hall–Kier alpha value is -2.93. The van der Waals surface area contributed by atoms with Crippen molar-refractivity contribution in [2.24, 2.45) is 0 Å². The maximum Gasteiger partial charge on any atom is 0.271 e. The van der Waals surface area contributed by atoms with Crippen molar-refractivity contribution < 1.29 is 4.92 Å². The minimum atomic E-state index is -0.491. The van der Waals surface area contributed by atoms with Gasteiger partial charge < -0.3 is 5.32 Å². The highest BCUT2D eigenvalue weighted by atomic mass is 35.5. The summed E-state index contributed by atoms with van der Waals surface area (Å²) >= 11 is 6.03. The Morgan fingerprint density at radius 1 is 1.24 bits per heavy atom. The Morgan fingerprint density at radius 2 is 2.04 bits per heavy atom. The number of rotatable bonds is 6. The van der Waals surface area contributed by atoms with Gasteiger partial charge in [0.05, 0.1) is 32.9 Å². The number of non-ortho nitro benzene ring substituents is 1. The van der Waals surface area contributed by atoms with E-state index in [2.05, 4.69) is 10.3 Å². The molecule has 0 bridgehead atoms. The molecule has 0 saturated heterocycles. The third kappa shape index (κ3) is 3.77. The molecule has 25 heavy (non-hydrogen) atoms. The van der Waals surface area contributed by atoms with Crippen LogP contribution in [0.25, 0.3) is 10.9 Å². The van der Waals surface area contributed by atoms with Crippen molar-refractivity contribution in [2.45, 2.75) is 13.0 Å². The third-order valence-electron chi connectivity index (χ3n) is 3.79. The van der Waals surface area contributed by atoms with Gasteiger partial charge in [-0.15, -0.1) is 0 Å². The van der Waals surface area contributed by atoms with Crippen molar-refractivity contribution in [2.75, 3.05) is 11.9 Å². The molecule has 0 amide bonds. The van der Waals surface area contributed by atoms with Crippen LogP contribution in [0.3, 0.4) is 0 Å². The van der Waals surface area contributed by atoms with Crippen LogP contribution in [0.15, 0.2) is 53.6 Å². The predicted octanol–water partition coefficient (Wildman–Crippen LogP) is 3.46. The number of nitrogens with one attached hydrogen (secondary N) is 1. The van der Waals surface area contributed by atoms with Gasteiger partial charge in [-0.3, -0.25) is 19.5 Å². The fourth-order valence-electron chi connectivity index (χ4n) is 2.50. The van der Waals surface area contributed by atoms with Gasteiger partial charge >= 0.3 is 0 Å². The maximum absolute atomic E-state index is 12.4. The van der Waals surface area contributed by atoms with Gasteiger partial charge in [-0.05, 0) is 24.6 Å². The number of nitrogens with zero attached hydrogens (tertiary/aromatic N) is 3. The van der Waals surface area contributed by atoms with Gasteiger partial charge in [-0.1, -0.05) is 23.7 Å². The standard InChI is InChI=1S/C17H15ClN4O3/c18-14-10-12(22(24)25)6-7-16(14)19-8-3-9-21-11-20-15-5-2-1-4-13(15)17(21)23/h1-2,4-7,10-11,19H,3,8-9H2. The molecule has 1 heterocycles. The summed E-state index contributed by atoms with van der Waals surface area (Å²) in [6.45, 7) is 1.07. The maximum atomic E-state index is 12.4. The third-order valence-corrected chi connectivity index (χ3v) is 4.10. The smallest absolute Gasteiger partial charge is 0.271 e. The first-order chi connectivity index (χ1) is 12.1. The number of nitro groups is 1. The Morgan fingerprint density at radius 3 is 2.80 bits per heavy atom. The largest absolute Gasteiger partial charge is 0.384 e. The van der Waals surface area contributed by atoms with Crippen molar-refractivity contribution in [3.05, 3.63) is 74.3 Å². The molecule has 0 radical (unpaired) electrons. The first-order valence-electron chi connectivity index (χ1n) is 7.68. The van der Waals surface area contributed by atoms with Gasteiger partial charge in [-0.2, -0.15) is 0 Å². The zero-order valence-corrected chi connectivity index (χ0v) is 13.9. The van der Waals surface area contributed by atoms with Crippen LogP contribution in [-0.2, 0) is 6.54 Å². The molecule has 0 atom stereocenters. The summed E-state index contributed by atoms with van der Waals surface area (Å²) in [6.07, 6.45) is 2.22. The van der Waals surface area contributed by atoms with Crippen LogP contribution in [0.4, 0.5) is 11.4 Å². The first-order valence-corrected chi connectivity index (χ1v) is 8.06. The normalized spacial score (nSPS) is 10.8. The van der Waals surface area contributed by atoms with Gasteiger partial charge in [0.1, 0.15) is 0 Å². The minimum Gasteiger partial charge on any atom is -0.384 e. The van der Waals surface area contributed by atoms with Crippen LogP contribution >= 0.6 is 11.6 Å². The number of hydrogen-bond acceptors (Lipinski definition) is 5. The zero-order chi connectivity index (χ0) is 17.8. The molecule has 0 fully saturated rings. The molecule has 0 aliphatic rings. The van der Waals surface area contributed by atoms with Crippen LogP contribution in [-0.4, -0.2) is 21.0 Å². The molecule has 7 nitrogen and oxygen atoms in total. The number of halogens is 1. The van der Waals surface area contributed by atoms with Crippen LogP contribution in [0.1, 0.15) is 6.42 Å². The highest BCUT2D eigenvalue weighted by Crippen LogP contribution is 2.26. The Kier molecular flexibility index (Phi) is 4.95. The Labute approximate surface area is 148 Å². The van der Waals surface area contributed by atoms with Crippen molar-refractivity contribution >= 4 is 33.9 Å². The van der Waals surface area contributed by atoms with E-state index in [9.17, 15) is 14.9 Å². The molecule has 0 spiro atoms. The number of fused-ring (bicyclic) bond motifs is 1. The van der Waals surface area contributed by atoms with Crippen molar-refractivity contribution in [3.63, 3.8) is 0 Å². The molecule has 8 heteroatoms. The molecular weight excluding hydrogens is 344 g/mol. The average molecular weight is 359 g/mol. The van der Waals surface area contributed by atoms with E-state index in [1.54, 1.807) is 29.1 Å². The zero-order valence-electron chi connectivity index (χ0n) is 13.2. The summed E-state index contributed by atoms with van der Waals surface area (Å²) in [6, 6.07) is 11.5. The van der Waals surface area contributed by atoms with Gasteiger partial charge in [0.25, 0.3) is 11.2 Å². The monoisotopic (exact) mass is 358 g/mol.